The lowest BCUT2D eigenvalue weighted by Gasteiger charge is -2.28. The molecule has 0 spiro atoms. The second-order valence-corrected chi connectivity index (χ2v) is 4.81. The van der Waals surface area contributed by atoms with Crippen LogP contribution in [-0.4, -0.2) is 31.0 Å². The van der Waals surface area contributed by atoms with Crippen molar-refractivity contribution >= 4 is 11.8 Å². The Morgan fingerprint density at radius 1 is 1.37 bits per heavy atom. The Bertz CT molecular complexity index is 470. The fourth-order valence-corrected chi connectivity index (χ4v) is 2.25. The summed E-state index contributed by atoms with van der Waals surface area (Å²) in [6.45, 7) is 1.93. The van der Waals surface area contributed by atoms with Crippen LogP contribution >= 0.6 is 0 Å². The molecular weight excluding hydrogens is 244 g/mol. The first-order valence-corrected chi connectivity index (χ1v) is 6.32. The molecule has 0 radical (unpaired) electrons. The summed E-state index contributed by atoms with van der Waals surface area (Å²) < 4.78 is 5.04. The number of benzene rings is 1. The van der Waals surface area contributed by atoms with Gasteiger partial charge in [0, 0.05) is 24.1 Å². The van der Waals surface area contributed by atoms with Gasteiger partial charge in [-0.25, -0.2) is 0 Å². The summed E-state index contributed by atoms with van der Waals surface area (Å²) in [5, 5.41) is 5.72. The molecular formula is C14H18N2O3. The normalized spacial score (nSPS) is 22.5. The molecule has 2 N–H and O–H groups in total. The van der Waals surface area contributed by atoms with E-state index >= 15 is 0 Å². The molecule has 1 aliphatic rings. The Kier molecular flexibility index (Phi) is 4.04. The Morgan fingerprint density at radius 2 is 2.05 bits per heavy atom. The molecule has 0 bridgehead atoms. The first-order chi connectivity index (χ1) is 9.08. The number of ether oxygens (including phenoxy) is 1. The molecule has 2 unspecified atom stereocenters. The minimum atomic E-state index is -0.158. The molecule has 0 aliphatic carbocycles. The van der Waals surface area contributed by atoms with Gasteiger partial charge in [0.15, 0.2) is 0 Å². The molecule has 19 heavy (non-hydrogen) atoms. The highest BCUT2D eigenvalue weighted by Crippen LogP contribution is 2.13. The molecule has 2 atom stereocenters. The fraction of sp³-hybridized carbons (Fsp3) is 0.429. The van der Waals surface area contributed by atoms with Crippen molar-refractivity contribution in [3.05, 3.63) is 29.8 Å². The zero-order chi connectivity index (χ0) is 13.8. The molecule has 1 heterocycles. The molecule has 5 heteroatoms. The van der Waals surface area contributed by atoms with Crippen molar-refractivity contribution in [1.29, 1.82) is 0 Å². The van der Waals surface area contributed by atoms with Gasteiger partial charge in [0.25, 0.3) is 5.91 Å². The van der Waals surface area contributed by atoms with Crippen molar-refractivity contribution in [3.8, 4) is 5.75 Å². The van der Waals surface area contributed by atoms with Crippen molar-refractivity contribution in [2.75, 3.05) is 7.11 Å². The van der Waals surface area contributed by atoms with E-state index in [-0.39, 0.29) is 23.9 Å². The van der Waals surface area contributed by atoms with Gasteiger partial charge in [0.05, 0.1) is 7.11 Å². The van der Waals surface area contributed by atoms with E-state index in [1.165, 1.54) is 0 Å². The van der Waals surface area contributed by atoms with Crippen LogP contribution in [0.25, 0.3) is 0 Å². The van der Waals surface area contributed by atoms with Crippen LogP contribution < -0.4 is 15.4 Å². The smallest absolute Gasteiger partial charge is 0.251 e. The van der Waals surface area contributed by atoms with Gasteiger partial charge in [-0.3, -0.25) is 9.59 Å². The van der Waals surface area contributed by atoms with Crippen molar-refractivity contribution in [2.45, 2.75) is 31.8 Å². The molecule has 1 aromatic carbocycles. The number of carbonyl (C=O) groups excluding carboxylic acids is 2. The monoisotopic (exact) mass is 262 g/mol. The van der Waals surface area contributed by atoms with E-state index in [0.717, 1.165) is 6.42 Å². The molecule has 1 aliphatic heterocycles. The van der Waals surface area contributed by atoms with Crippen LogP contribution in [0.4, 0.5) is 0 Å². The Labute approximate surface area is 112 Å². The molecule has 1 fully saturated rings. The number of rotatable bonds is 3. The van der Waals surface area contributed by atoms with Crippen LogP contribution in [0.2, 0.25) is 0 Å². The largest absolute Gasteiger partial charge is 0.497 e. The summed E-state index contributed by atoms with van der Waals surface area (Å²) >= 11 is 0. The maximum absolute atomic E-state index is 12.0. The third-order valence-corrected chi connectivity index (χ3v) is 3.16. The molecule has 1 saturated heterocycles. The van der Waals surface area contributed by atoms with Gasteiger partial charge in [-0.2, -0.15) is 0 Å². The zero-order valence-electron chi connectivity index (χ0n) is 11.1. The first kappa shape index (κ1) is 13.4. The minimum Gasteiger partial charge on any atom is -0.497 e. The summed E-state index contributed by atoms with van der Waals surface area (Å²) in [6.07, 6.45) is 1.10. The summed E-state index contributed by atoms with van der Waals surface area (Å²) in [6, 6.07) is 6.90. The number of nitrogens with one attached hydrogen (secondary N) is 2. The number of carbonyl (C=O) groups is 2. The molecule has 0 aromatic heterocycles. The number of amides is 2. The van der Waals surface area contributed by atoms with Crippen molar-refractivity contribution in [2.24, 2.45) is 0 Å². The topological polar surface area (TPSA) is 67.4 Å². The van der Waals surface area contributed by atoms with E-state index in [1.54, 1.807) is 31.4 Å². The predicted octanol–water partition coefficient (Wildman–Crippen LogP) is 1.09. The maximum atomic E-state index is 12.0. The Balaban J connectivity index is 1.98. The summed E-state index contributed by atoms with van der Waals surface area (Å²) in [7, 11) is 1.58. The minimum absolute atomic E-state index is 0.0150. The second kappa shape index (κ2) is 5.73. The molecule has 0 saturated carbocycles. The number of methoxy groups -OCH3 is 1. The lowest BCUT2D eigenvalue weighted by Crippen LogP contribution is -2.49. The maximum Gasteiger partial charge on any atom is 0.251 e. The Morgan fingerprint density at radius 3 is 2.63 bits per heavy atom. The van der Waals surface area contributed by atoms with Crippen molar-refractivity contribution < 1.29 is 14.3 Å². The number of hydrogen-bond donors (Lipinski definition) is 2. The Hall–Kier alpha value is -2.04. The lowest BCUT2D eigenvalue weighted by atomic mass is 9.99. The van der Waals surface area contributed by atoms with Gasteiger partial charge in [-0.05, 0) is 37.6 Å². The average molecular weight is 262 g/mol. The highest BCUT2D eigenvalue weighted by Gasteiger charge is 2.25. The van der Waals surface area contributed by atoms with Gasteiger partial charge >= 0.3 is 0 Å². The second-order valence-electron chi connectivity index (χ2n) is 4.81. The van der Waals surface area contributed by atoms with Crippen LogP contribution in [0.1, 0.15) is 30.1 Å². The van der Waals surface area contributed by atoms with Crippen LogP contribution in [0.5, 0.6) is 5.75 Å². The summed E-state index contributed by atoms with van der Waals surface area (Å²) in [5.41, 5.74) is 0.569. The van der Waals surface area contributed by atoms with Crippen LogP contribution in [0, 0.1) is 0 Å². The third kappa shape index (κ3) is 3.47. The highest BCUT2D eigenvalue weighted by atomic mass is 16.5. The van der Waals surface area contributed by atoms with Crippen LogP contribution in [0.15, 0.2) is 24.3 Å². The van der Waals surface area contributed by atoms with E-state index in [9.17, 15) is 9.59 Å². The number of piperidine rings is 1. The van der Waals surface area contributed by atoms with Crippen molar-refractivity contribution in [1.82, 2.24) is 10.6 Å². The standard InChI is InChI=1S/C14H18N2O3/c1-9-7-11(8-13(17)15-9)16-14(18)10-3-5-12(19-2)6-4-10/h3-6,9,11H,7-8H2,1-2H3,(H,15,17)(H,16,18). The summed E-state index contributed by atoms with van der Waals surface area (Å²) in [5.74, 6) is 0.538. The average Bonchev–Trinajstić information content (AvgIpc) is 2.37. The van der Waals surface area contributed by atoms with Gasteiger partial charge < -0.3 is 15.4 Å². The fourth-order valence-electron chi connectivity index (χ4n) is 2.25. The molecule has 102 valence electrons. The van der Waals surface area contributed by atoms with Gasteiger partial charge in [0.1, 0.15) is 5.75 Å². The highest BCUT2D eigenvalue weighted by molar-refractivity contribution is 5.95. The van der Waals surface area contributed by atoms with Crippen LogP contribution in [0.3, 0.4) is 0 Å². The van der Waals surface area contributed by atoms with Gasteiger partial charge in [-0.15, -0.1) is 0 Å². The molecule has 1 aromatic rings. The van der Waals surface area contributed by atoms with Gasteiger partial charge in [-0.1, -0.05) is 0 Å². The zero-order valence-corrected chi connectivity index (χ0v) is 11.1. The van der Waals surface area contributed by atoms with Gasteiger partial charge in [0.2, 0.25) is 5.91 Å². The SMILES string of the molecule is COc1ccc(C(=O)NC2CC(=O)NC(C)C2)cc1. The third-order valence-electron chi connectivity index (χ3n) is 3.16. The van der Waals surface area contributed by atoms with Crippen molar-refractivity contribution in [3.63, 3.8) is 0 Å². The van der Waals surface area contributed by atoms with E-state index in [4.69, 9.17) is 4.74 Å². The summed E-state index contributed by atoms with van der Waals surface area (Å²) in [4.78, 5) is 23.4. The quantitative estimate of drug-likeness (QED) is 0.857. The van der Waals surface area contributed by atoms with E-state index in [0.29, 0.717) is 17.7 Å². The molecule has 5 nitrogen and oxygen atoms in total. The first-order valence-electron chi connectivity index (χ1n) is 6.32. The predicted molar refractivity (Wildman–Crippen MR) is 71.1 cm³/mol. The van der Waals surface area contributed by atoms with Crippen LogP contribution in [-0.2, 0) is 4.79 Å². The molecule has 2 amide bonds. The van der Waals surface area contributed by atoms with E-state index in [1.807, 2.05) is 6.92 Å². The molecule has 2 rings (SSSR count). The number of hydrogen-bond acceptors (Lipinski definition) is 3. The lowest BCUT2D eigenvalue weighted by molar-refractivity contribution is -0.123. The van der Waals surface area contributed by atoms with E-state index < -0.39 is 0 Å². The van der Waals surface area contributed by atoms with E-state index in [2.05, 4.69) is 10.6 Å².